The molecule has 1 aromatic carbocycles. The molecule has 4 nitrogen and oxygen atoms in total. The molecule has 3 rings (SSSR count). The number of rotatable bonds is 7. The third-order valence-corrected chi connectivity index (χ3v) is 5.53. The van der Waals surface area contributed by atoms with Gasteiger partial charge in [0.25, 0.3) is 5.91 Å². The van der Waals surface area contributed by atoms with Crippen LogP contribution in [0.1, 0.15) is 61.8 Å². The zero-order valence-electron chi connectivity index (χ0n) is 17.3. The van der Waals surface area contributed by atoms with Crippen LogP contribution in [0.3, 0.4) is 0 Å². The number of aryl methyl sites for hydroxylation is 2. The Morgan fingerprint density at radius 3 is 2.71 bits per heavy atom. The highest BCUT2D eigenvalue weighted by atomic mass is 19.1. The second-order valence-corrected chi connectivity index (χ2v) is 8.36. The quantitative estimate of drug-likeness (QED) is 0.691. The topological polar surface area (TPSA) is 38.1 Å². The van der Waals surface area contributed by atoms with Gasteiger partial charge in [-0.25, -0.2) is 4.39 Å². The van der Waals surface area contributed by atoms with Gasteiger partial charge in [0.05, 0.1) is 5.69 Å². The van der Waals surface area contributed by atoms with Gasteiger partial charge in [0, 0.05) is 19.6 Å². The van der Waals surface area contributed by atoms with E-state index in [4.69, 9.17) is 0 Å². The van der Waals surface area contributed by atoms with Crippen molar-refractivity contribution in [2.45, 2.75) is 59.4 Å². The summed E-state index contributed by atoms with van der Waals surface area (Å²) in [6.45, 7) is 8.70. The van der Waals surface area contributed by atoms with Crippen molar-refractivity contribution in [3.8, 4) is 0 Å². The standard InChI is InChI=1S/C23H32FN3O/c1-4-27-22(15-21(25-27)14-17(2)3)23(28)26-13-5-6-19(16-26)8-7-18-9-11-20(24)12-10-18/h9-12,15,17,19H,4-8,13-14,16H2,1-3H3. The Morgan fingerprint density at radius 2 is 2.04 bits per heavy atom. The molecule has 1 unspecified atom stereocenters. The number of hydrogen-bond donors (Lipinski definition) is 0. The summed E-state index contributed by atoms with van der Waals surface area (Å²) in [5.74, 6) is 0.934. The zero-order valence-corrected chi connectivity index (χ0v) is 17.3. The van der Waals surface area contributed by atoms with E-state index >= 15 is 0 Å². The van der Waals surface area contributed by atoms with E-state index in [-0.39, 0.29) is 11.7 Å². The molecule has 1 saturated heterocycles. The van der Waals surface area contributed by atoms with Crippen LogP contribution < -0.4 is 0 Å². The van der Waals surface area contributed by atoms with Gasteiger partial charge in [-0.2, -0.15) is 5.10 Å². The maximum Gasteiger partial charge on any atom is 0.272 e. The number of nitrogens with zero attached hydrogens (tertiary/aromatic N) is 3. The molecule has 1 fully saturated rings. The Balaban J connectivity index is 1.62. The lowest BCUT2D eigenvalue weighted by atomic mass is 9.91. The lowest BCUT2D eigenvalue weighted by Gasteiger charge is -2.33. The summed E-state index contributed by atoms with van der Waals surface area (Å²) in [7, 11) is 0. The molecule has 1 amide bonds. The number of carbonyl (C=O) groups excluding carboxylic acids is 1. The fourth-order valence-electron chi connectivity index (χ4n) is 4.07. The van der Waals surface area contributed by atoms with E-state index in [1.54, 1.807) is 0 Å². The van der Waals surface area contributed by atoms with Crippen molar-refractivity contribution in [3.05, 3.63) is 53.1 Å². The van der Waals surface area contributed by atoms with E-state index in [1.807, 2.05) is 34.7 Å². The number of benzene rings is 1. The summed E-state index contributed by atoms with van der Waals surface area (Å²) >= 11 is 0. The minimum absolute atomic E-state index is 0.107. The third-order valence-electron chi connectivity index (χ3n) is 5.53. The Labute approximate surface area is 167 Å². The number of carbonyl (C=O) groups is 1. The number of piperidine rings is 1. The highest BCUT2D eigenvalue weighted by Gasteiger charge is 2.27. The number of halogens is 1. The van der Waals surface area contributed by atoms with Crippen LogP contribution in [0.25, 0.3) is 0 Å². The molecule has 2 heterocycles. The molecular weight excluding hydrogens is 353 g/mol. The van der Waals surface area contributed by atoms with Gasteiger partial charge in [0.2, 0.25) is 0 Å². The van der Waals surface area contributed by atoms with Crippen molar-refractivity contribution in [2.24, 2.45) is 11.8 Å². The maximum atomic E-state index is 13.2. The monoisotopic (exact) mass is 385 g/mol. The molecule has 1 atom stereocenters. The predicted octanol–water partition coefficient (Wildman–Crippen LogP) is 4.73. The maximum absolute atomic E-state index is 13.2. The average molecular weight is 386 g/mol. The van der Waals surface area contributed by atoms with Crippen LogP contribution in [-0.2, 0) is 19.4 Å². The molecule has 1 aromatic heterocycles. The normalized spacial score (nSPS) is 17.3. The van der Waals surface area contributed by atoms with Crippen molar-refractivity contribution < 1.29 is 9.18 Å². The van der Waals surface area contributed by atoms with Gasteiger partial charge in [-0.05, 0) is 74.6 Å². The number of aromatic nitrogens is 2. The molecule has 0 radical (unpaired) electrons. The van der Waals surface area contributed by atoms with E-state index in [0.29, 0.717) is 18.4 Å². The molecule has 2 aromatic rings. The van der Waals surface area contributed by atoms with Crippen molar-refractivity contribution in [1.29, 1.82) is 0 Å². The first-order chi connectivity index (χ1) is 13.5. The molecule has 1 aliphatic rings. The third kappa shape index (κ3) is 5.21. The van der Waals surface area contributed by atoms with Crippen molar-refractivity contribution in [3.63, 3.8) is 0 Å². The highest BCUT2D eigenvalue weighted by Crippen LogP contribution is 2.23. The summed E-state index contributed by atoms with van der Waals surface area (Å²) in [6, 6.07) is 8.74. The molecule has 0 saturated carbocycles. The summed E-state index contributed by atoms with van der Waals surface area (Å²) in [5.41, 5.74) is 2.88. The van der Waals surface area contributed by atoms with E-state index < -0.39 is 0 Å². The first-order valence-electron chi connectivity index (χ1n) is 10.6. The smallest absolute Gasteiger partial charge is 0.272 e. The van der Waals surface area contributed by atoms with Gasteiger partial charge in [-0.15, -0.1) is 0 Å². The Hall–Kier alpha value is -2.17. The molecule has 0 aliphatic carbocycles. The fourth-order valence-corrected chi connectivity index (χ4v) is 4.07. The first kappa shape index (κ1) is 20.6. The molecule has 0 spiro atoms. The largest absolute Gasteiger partial charge is 0.337 e. The average Bonchev–Trinajstić information content (AvgIpc) is 3.09. The number of amides is 1. The summed E-state index contributed by atoms with van der Waals surface area (Å²) in [5, 5.41) is 4.63. The van der Waals surface area contributed by atoms with Crippen molar-refractivity contribution in [1.82, 2.24) is 14.7 Å². The predicted molar refractivity (Wildman–Crippen MR) is 110 cm³/mol. The van der Waals surface area contributed by atoms with Gasteiger partial charge in [-0.1, -0.05) is 26.0 Å². The second-order valence-electron chi connectivity index (χ2n) is 8.36. The molecule has 152 valence electrons. The van der Waals surface area contributed by atoms with Gasteiger partial charge >= 0.3 is 0 Å². The van der Waals surface area contributed by atoms with Crippen LogP contribution in [0.15, 0.2) is 30.3 Å². The van der Waals surface area contributed by atoms with Crippen LogP contribution in [0.4, 0.5) is 4.39 Å². The van der Waals surface area contributed by atoms with Crippen LogP contribution in [0.2, 0.25) is 0 Å². The first-order valence-corrected chi connectivity index (χ1v) is 10.6. The zero-order chi connectivity index (χ0) is 20.1. The number of hydrogen-bond acceptors (Lipinski definition) is 2. The Bertz CT molecular complexity index is 782. The fraction of sp³-hybridized carbons (Fsp3) is 0.565. The highest BCUT2D eigenvalue weighted by molar-refractivity contribution is 5.92. The Kier molecular flexibility index (Phi) is 6.87. The summed E-state index contributed by atoms with van der Waals surface area (Å²) in [4.78, 5) is 15.2. The molecule has 1 aliphatic heterocycles. The summed E-state index contributed by atoms with van der Waals surface area (Å²) < 4.78 is 14.9. The van der Waals surface area contributed by atoms with Gasteiger partial charge in [-0.3, -0.25) is 9.48 Å². The van der Waals surface area contributed by atoms with E-state index in [0.717, 1.165) is 62.1 Å². The van der Waals surface area contributed by atoms with E-state index in [1.165, 1.54) is 12.1 Å². The van der Waals surface area contributed by atoms with E-state index in [2.05, 4.69) is 18.9 Å². The summed E-state index contributed by atoms with van der Waals surface area (Å²) in [6.07, 6.45) is 5.04. The van der Waals surface area contributed by atoms with Gasteiger partial charge in [0.15, 0.2) is 0 Å². The van der Waals surface area contributed by atoms with Crippen LogP contribution in [-0.4, -0.2) is 33.7 Å². The molecule has 0 N–H and O–H groups in total. The lowest BCUT2D eigenvalue weighted by molar-refractivity contribution is 0.0656. The van der Waals surface area contributed by atoms with Crippen LogP contribution in [0.5, 0.6) is 0 Å². The van der Waals surface area contributed by atoms with Crippen molar-refractivity contribution >= 4 is 5.91 Å². The molecule has 0 bridgehead atoms. The van der Waals surface area contributed by atoms with Crippen LogP contribution >= 0.6 is 0 Å². The molecule has 5 heteroatoms. The minimum atomic E-state index is -0.192. The molecular formula is C23H32FN3O. The molecule has 28 heavy (non-hydrogen) atoms. The lowest BCUT2D eigenvalue weighted by Crippen LogP contribution is -2.40. The second kappa shape index (κ2) is 9.35. The van der Waals surface area contributed by atoms with Gasteiger partial charge in [0.1, 0.15) is 11.5 Å². The van der Waals surface area contributed by atoms with Gasteiger partial charge < -0.3 is 4.90 Å². The van der Waals surface area contributed by atoms with Crippen LogP contribution in [0, 0.1) is 17.7 Å². The number of likely N-dealkylation sites (tertiary alicyclic amines) is 1. The SMILES string of the molecule is CCn1nc(CC(C)C)cc1C(=O)N1CCCC(CCc2ccc(F)cc2)C1. The van der Waals surface area contributed by atoms with E-state index in [9.17, 15) is 9.18 Å². The minimum Gasteiger partial charge on any atom is -0.337 e. The Morgan fingerprint density at radius 1 is 1.29 bits per heavy atom. The van der Waals surface area contributed by atoms with Crippen molar-refractivity contribution in [2.75, 3.05) is 13.1 Å².